The van der Waals surface area contributed by atoms with E-state index in [1.54, 1.807) is 0 Å². The lowest BCUT2D eigenvalue weighted by atomic mass is 10.2. The van der Waals surface area contributed by atoms with Crippen molar-refractivity contribution in [3.63, 3.8) is 0 Å². The van der Waals surface area contributed by atoms with Crippen LogP contribution in [0.5, 0.6) is 0 Å². The fourth-order valence-corrected chi connectivity index (χ4v) is 3.18. The van der Waals surface area contributed by atoms with Crippen LogP contribution in [0.4, 0.5) is 5.69 Å². The third-order valence-electron chi connectivity index (χ3n) is 4.56. The number of hydrogen-bond acceptors (Lipinski definition) is 3. The zero-order valence-corrected chi connectivity index (χ0v) is 13.3. The molecule has 1 aliphatic rings. The molecule has 2 aromatic heterocycles. The second-order valence-electron chi connectivity index (χ2n) is 6.21. The quantitative estimate of drug-likeness (QED) is 0.799. The number of fused-ring (bicyclic) bond motifs is 1. The molecule has 0 spiro atoms. The van der Waals surface area contributed by atoms with E-state index in [4.69, 9.17) is 4.74 Å². The molecule has 118 valence electrons. The Morgan fingerprint density at radius 3 is 3.04 bits per heavy atom. The van der Waals surface area contributed by atoms with Gasteiger partial charge in [0.25, 0.3) is 0 Å². The van der Waals surface area contributed by atoms with Gasteiger partial charge in [-0.1, -0.05) is 30.3 Å². The van der Waals surface area contributed by atoms with E-state index in [9.17, 15) is 0 Å². The molecule has 0 amide bonds. The average Bonchev–Trinajstić information content (AvgIpc) is 3.21. The van der Waals surface area contributed by atoms with Crippen LogP contribution in [0, 0.1) is 6.92 Å². The molecule has 0 bridgehead atoms. The van der Waals surface area contributed by atoms with Crippen LogP contribution in [0.2, 0.25) is 0 Å². The molecule has 1 atom stereocenters. The molecule has 0 saturated carbocycles. The number of H-pyrrole nitrogens is 1. The molecule has 4 nitrogen and oxygen atoms in total. The number of hydrogen-bond donors (Lipinski definition) is 1. The highest BCUT2D eigenvalue weighted by Crippen LogP contribution is 2.26. The molecular weight excluding hydrogens is 286 g/mol. The van der Waals surface area contributed by atoms with Crippen molar-refractivity contribution in [1.82, 2.24) is 9.97 Å². The van der Waals surface area contributed by atoms with Crippen LogP contribution in [-0.4, -0.2) is 29.2 Å². The minimum absolute atomic E-state index is 0.290. The molecule has 23 heavy (non-hydrogen) atoms. The van der Waals surface area contributed by atoms with Gasteiger partial charge in [0.15, 0.2) is 0 Å². The molecule has 1 fully saturated rings. The largest absolute Gasteiger partial charge is 0.372 e. The summed E-state index contributed by atoms with van der Waals surface area (Å²) < 4.78 is 6.07. The first-order valence-electron chi connectivity index (χ1n) is 8.14. The van der Waals surface area contributed by atoms with E-state index in [2.05, 4.69) is 52.1 Å². The van der Waals surface area contributed by atoms with Crippen molar-refractivity contribution in [2.24, 2.45) is 0 Å². The highest BCUT2D eigenvalue weighted by atomic mass is 16.5. The molecule has 0 radical (unpaired) electrons. The predicted octanol–water partition coefficient (Wildman–Crippen LogP) is 3.67. The van der Waals surface area contributed by atoms with Crippen LogP contribution >= 0.6 is 0 Å². The smallest absolute Gasteiger partial charge is 0.137 e. The van der Waals surface area contributed by atoms with E-state index in [1.165, 1.54) is 22.2 Å². The molecule has 0 aliphatic carbocycles. The number of aromatic amines is 1. The predicted molar refractivity (Wildman–Crippen MR) is 92.7 cm³/mol. The number of pyridine rings is 1. The van der Waals surface area contributed by atoms with Crippen LogP contribution in [0.25, 0.3) is 11.0 Å². The summed E-state index contributed by atoms with van der Waals surface area (Å²) in [6, 6.07) is 12.6. The van der Waals surface area contributed by atoms with Crippen LogP contribution in [0.15, 0.2) is 48.8 Å². The number of aromatic nitrogens is 2. The van der Waals surface area contributed by atoms with Gasteiger partial charge in [0.1, 0.15) is 5.65 Å². The summed E-state index contributed by atoms with van der Waals surface area (Å²) in [4.78, 5) is 10.1. The Labute approximate surface area is 136 Å². The van der Waals surface area contributed by atoms with Crippen molar-refractivity contribution in [3.8, 4) is 0 Å². The Morgan fingerprint density at radius 1 is 1.30 bits per heavy atom. The van der Waals surface area contributed by atoms with Gasteiger partial charge in [0.2, 0.25) is 0 Å². The molecule has 1 N–H and O–H groups in total. The van der Waals surface area contributed by atoms with Gasteiger partial charge in [-0.3, -0.25) is 0 Å². The van der Waals surface area contributed by atoms with E-state index in [0.29, 0.717) is 12.7 Å². The normalized spacial score (nSPS) is 18.0. The second kappa shape index (κ2) is 6.05. The first-order chi connectivity index (χ1) is 11.3. The van der Waals surface area contributed by atoms with Gasteiger partial charge < -0.3 is 14.6 Å². The lowest BCUT2D eigenvalue weighted by Crippen LogP contribution is -2.22. The van der Waals surface area contributed by atoms with E-state index in [1.807, 2.05) is 18.5 Å². The summed E-state index contributed by atoms with van der Waals surface area (Å²) in [6.45, 7) is 4.76. The first kappa shape index (κ1) is 14.3. The lowest BCUT2D eigenvalue weighted by molar-refractivity contribution is 0.0553. The van der Waals surface area contributed by atoms with Gasteiger partial charge in [0, 0.05) is 24.7 Å². The lowest BCUT2D eigenvalue weighted by Gasteiger charge is -2.18. The van der Waals surface area contributed by atoms with Crippen molar-refractivity contribution >= 4 is 16.7 Å². The van der Waals surface area contributed by atoms with Gasteiger partial charge >= 0.3 is 0 Å². The summed E-state index contributed by atoms with van der Waals surface area (Å²) in [6.07, 6.45) is 5.32. The monoisotopic (exact) mass is 307 g/mol. The Kier molecular flexibility index (Phi) is 3.75. The molecule has 1 saturated heterocycles. The number of benzene rings is 1. The number of nitrogens with zero attached hydrogens (tertiary/aromatic N) is 2. The van der Waals surface area contributed by atoms with Crippen LogP contribution in [-0.2, 0) is 11.3 Å². The Bertz CT molecular complexity index is 797. The van der Waals surface area contributed by atoms with Crippen molar-refractivity contribution in [2.75, 3.05) is 18.0 Å². The number of nitrogens with one attached hydrogen (secondary N) is 1. The Morgan fingerprint density at radius 2 is 2.17 bits per heavy atom. The molecule has 1 unspecified atom stereocenters. The average molecular weight is 307 g/mol. The van der Waals surface area contributed by atoms with E-state index < -0.39 is 0 Å². The molecule has 4 heteroatoms. The fourth-order valence-electron chi connectivity index (χ4n) is 3.18. The van der Waals surface area contributed by atoms with E-state index >= 15 is 0 Å². The maximum absolute atomic E-state index is 6.07. The Balaban J connectivity index is 1.41. The maximum atomic E-state index is 6.07. The zero-order chi connectivity index (χ0) is 15.6. The summed E-state index contributed by atoms with van der Waals surface area (Å²) in [7, 11) is 0. The van der Waals surface area contributed by atoms with Crippen LogP contribution < -0.4 is 4.90 Å². The Hall–Kier alpha value is -2.33. The van der Waals surface area contributed by atoms with Gasteiger partial charge in [-0.25, -0.2) is 4.98 Å². The molecule has 3 aromatic rings. The minimum Gasteiger partial charge on any atom is -0.372 e. The molecule has 1 aliphatic heterocycles. The number of ether oxygens (including phenoxy) is 1. The van der Waals surface area contributed by atoms with Gasteiger partial charge in [-0.05, 0) is 30.5 Å². The highest BCUT2D eigenvalue weighted by molar-refractivity contribution is 5.82. The summed E-state index contributed by atoms with van der Waals surface area (Å²) in [5, 5.41) is 1.20. The van der Waals surface area contributed by atoms with E-state index in [0.717, 1.165) is 25.2 Å². The third-order valence-corrected chi connectivity index (χ3v) is 4.56. The standard InChI is InChI=1S/C19H21N3O/c1-14-10-20-19-18(14)9-16(11-21-19)22-8-7-17(12-22)23-13-15-5-3-2-4-6-15/h2-6,9-11,17H,7-8,12-13H2,1H3,(H,20,21). The topological polar surface area (TPSA) is 41.2 Å². The summed E-state index contributed by atoms with van der Waals surface area (Å²) >= 11 is 0. The van der Waals surface area contributed by atoms with Gasteiger partial charge in [0.05, 0.1) is 24.6 Å². The number of anilines is 1. The second-order valence-corrected chi connectivity index (χ2v) is 6.21. The summed E-state index contributed by atoms with van der Waals surface area (Å²) in [5.41, 5.74) is 4.62. The van der Waals surface area contributed by atoms with Crippen molar-refractivity contribution in [2.45, 2.75) is 26.1 Å². The SMILES string of the molecule is Cc1c[nH]c2ncc(N3CCC(OCc4ccccc4)C3)cc12. The number of rotatable bonds is 4. The van der Waals surface area contributed by atoms with Crippen molar-refractivity contribution < 1.29 is 4.74 Å². The summed E-state index contributed by atoms with van der Waals surface area (Å²) in [5.74, 6) is 0. The van der Waals surface area contributed by atoms with Gasteiger partial charge in [-0.15, -0.1) is 0 Å². The first-order valence-corrected chi connectivity index (χ1v) is 8.14. The molecule has 1 aromatic carbocycles. The maximum Gasteiger partial charge on any atom is 0.137 e. The molecule has 3 heterocycles. The highest BCUT2D eigenvalue weighted by Gasteiger charge is 2.23. The molecular formula is C19H21N3O. The fraction of sp³-hybridized carbons (Fsp3) is 0.316. The third kappa shape index (κ3) is 2.94. The van der Waals surface area contributed by atoms with Crippen LogP contribution in [0.1, 0.15) is 17.5 Å². The van der Waals surface area contributed by atoms with Crippen molar-refractivity contribution in [3.05, 3.63) is 59.9 Å². The van der Waals surface area contributed by atoms with Crippen molar-refractivity contribution in [1.29, 1.82) is 0 Å². The van der Waals surface area contributed by atoms with Gasteiger partial charge in [-0.2, -0.15) is 0 Å². The minimum atomic E-state index is 0.290. The molecule has 4 rings (SSSR count). The van der Waals surface area contributed by atoms with Crippen LogP contribution in [0.3, 0.4) is 0 Å². The van der Waals surface area contributed by atoms with E-state index in [-0.39, 0.29) is 0 Å². The number of aryl methyl sites for hydroxylation is 1. The zero-order valence-electron chi connectivity index (χ0n) is 13.3.